The van der Waals surface area contributed by atoms with Crippen LogP contribution >= 0.6 is 0 Å². The number of hydrogen-bond donors (Lipinski definition) is 0. The summed E-state index contributed by atoms with van der Waals surface area (Å²) in [6.45, 7) is 4.47. The van der Waals surface area contributed by atoms with Crippen molar-refractivity contribution in [1.29, 1.82) is 0 Å². The summed E-state index contributed by atoms with van der Waals surface area (Å²) in [4.78, 5) is 8.68. The quantitative estimate of drug-likeness (QED) is 0.277. The number of halogens is 1. The Balaban J connectivity index is 1.48. The lowest BCUT2D eigenvalue weighted by Crippen LogP contribution is -2.15. The number of unbranched alkanes of at least 4 members (excludes halogenated alkanes) is 3. The molecular formula is C27H39FN2. The van der Waals surface area contributed by atoms with Crippen molar-refractivity contribution in [2.75, 3.05) is 0 Å². The fraction of sp³-hybridized carbons (Fsp3) is 0.630. The molecule has 0 atom stereocenters. The molecule has 1 fully saturated rings. The molecule has 0 unspecified atom stereocenters. The first-order valence-electron chi connectivity index (χ1n) is 12.3. The van der Waals surface area contributed by atoms with E-state index in [-0.39, 0.29) is 5.95 Å². The van der Waals surface area contributed by atoms with Gasteiger partial charge in [-0.1, -0.05) is 95.9 Å². The molecule has 1 aromatic heterocycles. The number of rotatable bonds is 11. The molecule has 1 aliphatic carbocycles. The number of hydrogen-bond acceptors (Lipinski definition) is 2. The highest BCUT2D eigenvalue weighted by Crippen LogP contribution is 2.34. The maximum atomic E-state index is 14.7. The fourth-order valence-corrected chi connectivity index (χ4v) is 4.77. The standard InChI is InChI=1S/C27H39FN2/c1-3-5-7-9-22-10-12-23(13-11-22)16-19-26-29-20-25(27(28)30-26)24-17-14-21(15-18-24)8-6-4-2/h14-15,17-18,20,22-23H,3-13,16,19H2,1-2H3/t22-,23-. The van der Waals surface area contributed by atoms with Crippen molar-refractivity contribution in [1.82, 2.24) is 9.97 Å². The normalized spacial score (nSPS) is 19.2. The Morgan fingerprint density at radius 3 is 2.13 bits per heavy atom. The molecule has 0 saturated heterocycles. The zero-order valence-corrected chi connectivity index (χ0v) is 19.0. The Kier molecular flexibility index (Phi) is 9.29. The van der Waals surface area contributed by atoms with Crippen molar-refractivity contribution in [3.8, 4) is 11.1 Å². The molecule has 1 aromatic carbocycles. The molecule has 1 heterocycles. The minimum atomic E-state index is -0.388. The molecule has 2 aromatic rings. The van der Waals surface area contributed by atoms with Crippen LogP contribution < -0.4 is 0 Å². The molecule has 0 amide bonds. The first kappa shape index (κ1) is 22.9. The molecule has 2 nitrogen and oxygen atoms in total. The van der Waals surface area contributed by atoms with Crippen molar-refractivity contribution in [3.63, 3.8) is 0 Å². The van der Waals surface area contributed by atoms with Crippen molar-refractivity contribution in [2.24, 2.45) is 11.8 Å². The minimum Gasteiger partial charge on any atom is -0.241 e. The second kappa shape index (κ2) is 12.2. The molecule has 3 heteroatoms. The van der Waals surface area contributed by atoms with E-state index < -0.39 is 0 Å². The average molecular weight is 411 g/mol. The third-order valence-electron chi connectivity index (χ3n) is 6.83. The van der Waals surface area contributed by atoms with Gasteiger partial charge < -0.3 is 0 Å². The predicted octanol–water partition coefficient (Wildman–Crippen LogP) is 7.94. The van der Waals surface area contributed by atoms with Crippen LogP contribution in [0.1, 0.15) is 95.9 Å². The summed E-state index contributed by atoms with van der Waals surface area (Å²) in [6, 6.07) is 8.17. The lowest BCUT2D eigenvalue weighted by atomic mass is 9.78. The topological polar surface area (TPSA) is 25.8 Å². The van der Waals surface area contributed by atoms with Crippen LogP contribution in [0.3, 0.4) is 0 Å². The number of nitrogens with zero attached hydrogens (tertiary/aromatic N) is 2. The third kappa shape index (κ3) is 6.89. The highest BCUT2D eigenvalue weighted by molar-refractivity contribution is 5.62. The predicted molar refractivity (Wildman–Crippen MR) is 124 cm³/mol. The van der Waals surface area contributed by atoms with E-state index >= 15 is 0 Å². The van der Waals surface area contributed by atoms with Crippen LogP contribution in [0.2, 0.25) is 0 Å². The van der Waals surface area contributed by atoms with Gasteiger partial charge in [0.25, 0.3) is 0 Å². The van der Waals surface area contributed by atoms with Crippen LogP contribution in [-0.2, 0) is 12.8 Å². The van der Waals surface area contributed by atoms with Gasteiger partial charge in [-0.15, -0.1) is 0 Å². The second-order valence-corrected chi connectivity index (χ2v) is 9.21. The Bertz CT molecular complexity index is 748. The first-order valence-corrected chi connectivity index (χ1v) is 12.3. The van der Waals surface area contributed by atoms with Gasteiger partial charge in [-0.05, 0) is 42.2 Å². The Morgan fingerprint density at radius 1 is 0.833 bits per heavy atom. The van der Waals surface area contributed by atoms with Gasteiger partial charge in [0.2, 0.25) is 5.95 Å². The first-order chi connectivity index (χ1) is 14.7. The van der Waals surface area contributed by atoms with Crippen LogP contribution in [0.4, 0.5) is 4.39 Å². The van der Waals surface area contributed by atoms with E-state index in [1.165, 1.54) is 69.8 Å². The molecule has 0 radical (unpaired) electrons. The molecule has 0 aliphatic heterocycles. The van der Waals surface area contributed by atoms with Gasteiger partial charge in [0.1, 0.15) is 5.82 Å². The van der Waals surface area contributed by atoms with Gasteiger partial charge in [-0.25, -0.2) is 9.97 Å². The van der Waals surface area contributed by atoms with Gasteiger partial charge in [0.15, 0.2) is 0 Å². The van der Waals surface area contributed by atoms with E-state index in [2.05, 4.69) is 35.9 Å². The lowest BCUT2D eigenvalue weighted by Gasteiger charge is -2.28. The maximum absolute atomic E-state index is 14.7. The third-order valence-corrected chi connectivity index (χ3v) is 6.83. The van der Waals surface area contributed by atoms with E-state index in [0.717, 1.165) is 36.7 Å². The van der Waals surface area contributed by atoms with Gasteiger partial charge in [-0.3, -0.25) is 0 Å². The summed E-state index contributed by atoms with van der Waals surface area (Å²) in [5.41, 5.74) is 2.67. The van der Waals surface area contributed by atoms with Gasteiger partial charge in [0, 0.05) is 12.6 Å². The summed E-state index contributed by atoms with van der Waals surface area (Å²) < 4.78 is 14.7. The zero-order chi connectivity index (χ0) is 21.2. The van der Waals surface area contributed by atoms with E-state index in [1.54, 1.807) is 6.20 Å². The molecule has 0 N–H and O–H groups in total. The summed E-state index contributed by atoms with van der Waals surface area (Å²) in [5.74, 6) is 1.96. The van der Waals surface area contributed by atoms with Gasteiger partial charge in [0.05, 0.1) is 5.56 Å². The van der Waals surface area contributed by atoms with Crippen LogP contribution in [0.15, 0.2) is 30.5 Å². The molecule has 1 aliphatic rings. The summed E-state index contributed by atoms with van der Waals surface area (Å²) in [7, 11) is 0. The Labute approximate surface area is 182 Å². The van der Waals surface area contributed by atoms with Crippen molar-refractivity contribution in [2.45, 2.75) is 97.3 Å². The van der Waals surface area contributed by atoms with Crippen LogP contribution in [-0.4, -0.2) is 9.97 Å². The van der Waals surface area contributed by atoms with Crippen LogP contribution in [0.5, 0.6) is 0 Å². The minimum absolute atomic E-state index is 0.388. The monoisotopic (exact) mass is 410 g/mol. The molecule has 30 heavy (non-hydrogen) atoms. The van der Waals surface area contributed by atoms with E-state index in [9.17, 15) is 4.39 Å². The molecule has 164 valence electrons. The number of benzene rings is 1. The number of aryl methyl sites for hydroxylation is 2. The van der Waals surface area contributed by atoms with Gasteiger partial charge >= 0.3 is 0 Å². The molecule has 3 rings (SSSR count). The van der Waals surface area contributed by atoms with E-state index in [0.29, 0.717) is 11.4 Å². The summed E-state index contributed by atoms with van der Waals surface area (Å²) >= 11 is 0. The lowest BCUT2D eigenvalue weighted by molar-refractivity contribution is 0.248. The SMILES string of the molecule is CCCCC[C@H]1CC[C@H](CCc2ncc(-c3ccc(CCCC)cc3)c(F)n2)CC1. The molecule has 1 saturated carbocycles. The largest absolute Gasteiger partial charge is 0.241 e. The van der Waals surface area contributed by atoms with Gasteiger partial charge in [-0.2, -0.15) is 4.39 Å². The van der Waals surface area contributed by atoms with E-state index in [4.69, 9.17) is 0 Å². The van der Waals surface area contributed by atoms with Crippen LogP contribution in [0.25, 0.3) is 11.1 Å². The maximum Gasteiger partial charge on any atom is 0.224 e. The fourth-order valence-electron chi connectivity index (χ4n) is 4.77. The van der Waals surface area contributed by atoms with Crippen molar-refractivity contribution < 1.29 is 4.39 Å². The van der Waals surface area contributed by atoms with E-state index in [1.807, 2.05) is 12.1 Å². The second-order valence-electron chi connectivity index (χ2n) is 9.21. The average Bonchev–Trinajstić information content (AvgIpc) is 2.78. The highest BCUT2D eigenvalue weighted by Gasteiger charge is 2.21. The Morgan fingerprint density at radius 2 is 1.50 bits per heavy atom. The summed E-state index contributed by atoms with van der Waals surface area (Å²) in [6.07, 6.45) is 17.9. The molecular weight excluding hydrogens is 371 g/mol. The smallest absolute Gasteiger partial charge is 0.224 e. The van der Waals surface area contributed by atoms with Crippen LogP contribution in [0, 0.1) is 17.8 Å². The summed E-state index contributed by atoms with van der Waals surface area (Å²) in [5, 5.41) is 0. The highest BCUT2D eigenvalue weighted by atomic mass is 19.1. The van der Waals surface area contributed by atoms with Crippen molar-refractivity contribution >= 4 is 0 Å². The molecule has 0 bridgehead atoms. The zero-order valence-electron chi connectivity index (χ0n) is 19.0. The Hall–Kier alpha value is -1.77. The number of aromatic nitrogens is 2. The molecule has 0 spiro atoms. The van der Waals surface area contributed by atoms with Crippen molar-refractivity contribution in [3.05, 3.63) is 47.8 Å².